The first-order valence-corrected chi connectivity index (χ1v) is 7.78. The fourth-order valence-electron chi connectivity index (χ4n) is 2.67. The average molecular weight is 282 g/mol. The Bertz CT molecular complexity index is 528. The van der Waals surface area contributed by atoms with Crippen LogP contribution in [0.2, 0.25) is 0 Å². The van der Waals surface area contributed by atoms with Crippen molar-refractivity contribution >= 4 is 5.82 Å². The average Bonchev–Trinajstić information content (AvgIpc) is 2.70. The summed E-state index contributed by atoms with van der Waals surface area (Å²) in [7, 11) is 0. The third kappa shape index (κ3) is 3.79. The van der Waals surface area contributed by atoms with Crippen LogP contribution in [0.1, 0.15) is 19.3 Å². The Morgan fingerprint density at radius 3 is 2.52 bits per heavy atom. The van der Waals surface area contributed by atoms with E-state index in [0.29, 0.717) is 0 Å². The maximum atomic E-state index is 4.43. The lowest BCUT2D eigenvalue weighted by Gasteiger charge is -2.22. The molecule has 2 heterocycles. The Kier molecular flexibility index (Phi) is 4.79. The van der Waals surface area contributed by atoms with Crippen molar-refractivity contribution in [1.82, 2.24) is 15.5 Å². The van der Waals surface area contributed by atoms with E-state index in [1.54, 1.807) is 0 Å². The second kappa shape index (κ2) is 7.18. The van der Waals surface area contributed by atoms with Crippen LogP contribution >= 0.6 is 0 Å². The molecule has 0 radical (unpaired) electrons. The maximum absolute atomic E-state index is 4.43. The largest absolute Gasteiger partial charge is 0.354 e. The fraction of sp³-hybridized carbons (Fsp3) is 0.412. The number of hydrogen-bond acceptors (Lipinski definition) is 4. The number of nitrogens with zero attached hydrogens (tertiary/aromatic N) is 3. The van der Waals surface area contributed by atoms with E-state index < -0.39 is 0 Å². The van der Waals surface area contributed by atoms with Crippen LogP contribution in [0.5, 0.6) is 0 Å². The molecule has 0 spiro atoms. The van der Waals surface area contributed by atoms with Gasteiger partial charge in [0.2, 0.25) is 0 Å². The van der Waals surface area contributed by atoms with Gasteiger partial charge in [0.15, 0.2) is 5.82 Å². The van der Waals surface area contributed by atoms with Gasteiger partial charge in [-0.1, -0.05) is 36.8 Å². The second-order valence-corrected chi connectivity index (χ2v) is 5.44. The summed E-state index contributed by atoms with van der Waals surface area (Å²) >= 11 is 0. The van der Waals surface area contributed by atoms with E-state index in [-0.39, 0.29) is 0 Å². The van der Waals surface area contributed by atoms with Gasteiger partial charge in [-0.25, -0.2) is 0 Å². The minimum atomic E-state index is 0.932. The lowest BCUT2D eigenvalue weighted by Crippen LogP contribution is -2.32. The molecule has 110 valence electrons. The normalized spacial score (nSPS) is 16.9. The number of benzene rings is 1. The highest BCUT2D eigenvalue weighted by molar-refractivity contribution is 5.59. The molecule has 0 bridgehead atoms. The molecule has 21 heavy (non-hydrogen) atoms. The summed E-state index contributed by atoms with van der Waals surface area (Å²) in [6, 6.07) is 14.4. The third-order valence-electron chi connectivity index (χ3n) is 3.88. The van der Waals surface area contributed by atoms with E-state index in [9.17, 15) is 0 Å². The predicted octanol–water partition coefficient (Wildman–Crippen LogP) is 2.72. The van der Waals surface area contributed by atoms with Crippen LogP contribution in [0.3, 0.4) is 0 Å². The van der Waals surface area contributed by atoms with E-state index in [1.807, 2.05) is 18.2 Å². The third-order valence-corrected chi connectivity index (χ3v) is 3.88. The van der Waals surface area contributed by atoms with Crippen molar-refractivity contribution in [2.75, 3.05) is 31.1 Å². The summed E-state index contributed by atoms with van der Waals surface area (Å²) in [5, 5.41) is 12.3. The highest BCUT2D eigenvalue weighted by Gasteiger charge is 2.10. The molecule has 0 saturated carbocycles. The van der Waals surface area contributed by atoms with Crippen molar-refractivity contribution in [1.29, 1.82) is 0 Å². The van der Waals surface area contributed by atoms with Crippen LogP contribution in [0.4, 0.5) is 5.82 Å². The van der Waals surface area contributed by atoms with Gasteiger partial charge >= 0.3 is 0 Å². The Labute approximate surface area is 126 Å². The van der Waals surface area contributed by atoms with Crippen molar-refractivity contribution in [2.24, 2.45) is 0 Å². The predicted molar refractivity (Wildman–Crippen MR) is 86.4 cm³/mol. The molecule has 3 rings (SSSR count). The van der Waals surface area contributed by atoms with E-state index in [1.165, 1.54) is 19.3 Å². The van der Waals surface area contributed by atoms with Crippen LogP contribution in [-0.2, 0) is 0 Å². The SMILES string of the molecule is c1ccc(-c2ccc(N3CCCCCNCC3)nn2)cc1. The van der Waals surface area contributed by atoms with E-state index in [0.717, 1.165) is 43.3 Å². The molecule has 4 heteroatoms. The Balaban J connectivity index is 1.73. The van der Waals surface area contributed by atoms with Gasteiger partial charge in [-0.15, -0.1) is 10.2 Å². The van der Waals surface area contributed by atoms with Gasteiger partial charge < -0.3 is 10.2 Å². The number of aromatic nitrogens is 2. The lowest BCUT2D eigenvalue weighted by molar-refractivity contribution is 0.644. The summed E-state index contributed by atoms with van der Waals surface area (Å²) in [6.07, 6.45) is 3.77. The summed E-state index contributed by atoms with van der Waals surface area (Å²) in [5.74, 6) is 0.985. The molecular weight excluding hydrogens is 260 g/mol. The smallest absolute Gasteiger partial charge is 0.151 e. The molecule has 1 saturated heterocycles. The Hall–Kier alpha value is -1.94. The van der Waals surface area contributed by atoms with Gasteiger partial charge in [-0.3, -0.25) is 0 Å². The first kappa shape index (κ1) is 14.0. The number of hydrogen-bond donors (Lipinski definition) is 1. The van der Waals surface area contributed by atoms with Crippen LogP contribution in [0.15, 0.2) is 42.5 Å². The zero-order valence-corrected chi connectivity index (χ0v) is 12.3. The minimum Gasteiger partial charge on any atom is -0.354 e. The molecule has 0 aliphatic carbocycles. The fourth-order valence-corrected chi connectivity index (χ4v) is 2.67. The molecule has 1 aromatic carbocycles. The summed E-state index contributed by atoms with van der Waals surface area (Å²) in [6.45, 7) is 4.22. The second-order valence-electron chi connectivity index (χ2n) is 5.44. The topological polar surface area (TPSA) is 41.0 Å². The molecule has 4 nitrogen and oxygen atoms in total. The first-order valence-electron chi connectivity index (χ1n) is 7.78. The standard InChI is InChI=1S/C17H22N4/c1-3-7-15(8-4-1)16-9-10-17(20-19-16)21-13-6-2-5-11-18-12-14-21/h1,3-4,7-10,18H,2,5-6,11-14H2. The summed E-state index contributed by atoms with van der Waals surface area (Å²) in [5.41, 5.74) is 2.05. The molecule has 1 aliphatic rings. The van der Waals surface area contributed by atoms with Crippen molar-refractivity contribution < 1.29 is 0 Å². The Morgan fingerprint density at radius 2 is 1.71 bits per heavy atom. The lowest BCUT2D eigenvalue weighted by atomic mass is 10.1. The van der Waals surface area contributed by atoms with Crippen molar-refractivity contribution in [2.45, 2.75) is 19.3 Å². The van der Waals surface area contributed by atoms with E-state index in [2.05, 4.69) is 44.7 Å². The molecular formula is C17H22N4. The first-order chi connectivity index (χ1) is 10.4. The van der Waals surface area contributed by atoms with Crippen LogP contribution < -0.4 is 10.2 Å². The number of rotatable bonds is 2. The van der Waals surface area contributed by atoms with Gasteiger partial charge in [0, 0.05) is 25.2 Å². The molecule has 0 unspecified atom stereocenters. The van der Waals surface area contributed by atoms with Gasteiger partial charge in [0.1, 0.15) is 0 Å². The molecule has 1 N–H and O–H groups in total. The van der Waals surface area contributed by atoms with Gasteiger partial charge in [-0.05, 0) is 31.5 Å². The highest BCUT2D eigenvalue weighted by atomic mass is 15.3. The monoisotopic (exact) mass is 282 g/mol. The number of nitrogens with one attached hydrogen (secondary N) is 1. The summed E-state index contributed by atoms with van der Waals surface area (Å²) < 4.78 is 0. The van der Waals surface area contributed by atoms with Crippen LogP contribution in [-0.4, -0.2) is 36.4 Å². The van der Waals surface area contributed by atoms with Gasteiger partial charge in [0.25, 0.3) is 0 Å². The molecule has 2 aromatic rings. The zero-order valence-electron chi connectivity index (χ0n) is 12.3. The minimum absolute atomic E-state index is 0.932. The van der Waals surface area contributed by atoms with Crippen molar-refractivity contribution in [3.8, 4) is 11.3 Å². The zero-order chi connectivity index (χ0) is 14.3. The quantitative estimate of drug-likeness (QED) is 0.919. The van der Waals surface area contributed by atoms with Crippen LogP contribution in [0, 0.1) is 0 Å². The molecule has 0 amide bonds. The van der Waals surface area contributed by atoms with Crippen molar-refractivity contribution in [3.63, 3.8) is 0 Å². The van der Waals surface area contributed by atoms with Crippen LogP contribution in [0.25, 0.3) is 11.3 Å². The molecule has 1 aromatic heterocycles. The molecule has 1 fully saturated rings. The van der Waals surface area contributed by atoms with E-state index in [4.69, 9.17) is 0 Å². The summed E-state index contributed by atoms with van der Waals surface area (Å²) in [4.78, 5) is 2.33. The number of anilines is 1. The molecule has 1 aliphatic heterocycles. The van der Waals surface area contributed by atoms with Gasteiger partial charge in [0.05, 0.1) is 5.69 Å². The maximum Gasteiger partial charge on any atom is 0.151 e. The Morgan fingerprint density at radius 1 is 0.810 bits per heavy atom. The highest BCUT2D eigenvalue weighted by Crippen LogP contribution is 2.18. The van der Waals surface area contributed by atoms with Crippen molar-refractivity contribution in [3.05, 3.63) is 42.5 Å². The van der Waals surface area contributed by atoms with E-state index >= 15 is 0 Å². The molecule has 0 atom stereocenters. The van der Waals surface area contributed by atoms with Gasteiger partial charge in [-0.2, -0.15) is 0 Å².